The lowest BCUT2D eigenvalue weighted by atomic mass is 10.2. The Labute approximate surface area is 169 Å². The fourth-order valence-electron chi connectivity index (χ4n) is 2.15. The first-order chi connectivity index (χ1) is 12.8. The maximum absolute atomic E-state index is 12.1. The number of methoxy groups -OCH3 is 1. The summed E-state index contributed by atoms with van der Waals surface area (Å²) in [6.45, 7) is 0. The molecule has 0 saturated heterocycles. The number of hydrogen-bond donors (Lipinski definition) is 0. The fraction of sp³-hybridized carbons (Fsp3) is 0.200. The van der Waals surface area contributed by atoms with Gasteiger partial charge >= 0.3 is 5.97 Å². The molecule has 0 amide bonds. The van der Waals surface area contributed by atoms with E-state index in [1.807, 2.05) is 20.2 Å². The number of likely N-dealkylation sites (N-methyl/N-ethyl adjacent to an activating group) is 1. The van der Waals surface area contributed by atoms with Crippen molar-refractivity contribution in [2.45, 2.75) is 0 Å². The van der Waals surface area contributed by atoms with E-state index in [2.05, 4.69) is 16.8 Å². The van der Waals surface area contributed by atoms with Crippen molar-refractivity contribution in [3.8, 4) is 11.8 Å². The third-order valence-electron chi connectivity index (χ3n) is 3.47. The second kappa shape index (κ2) is 9.31. The monoisotopic (exact) mass is 403 g/mol. The molecule has 0 saturated carbocycles. The molecule has 27 heavy (non-hydrogen) atoms. The molecule has 0 spiro atoms. The topological polar surface area (TPSA) is 45.7 Å². The predicted octanol–water partition coefficient (Wildman–Crippen LogP) is 3.80. The van der Waals surface area contributed by atoms with Crippen LogP contribution in [0.1, 0.15) is 11.3 Å². The highest BCUT2D eigenvalue weighted by Crippen LogP contribution is 2.20. The third kappa shape index (κ3) is 5.65. The number of benzene rings is 1. The maximum atomic E-state index is 12.1. The van der Waals surface area contributed by atoms with Crippen LogP contribution in [-0.4, -0.2) is 44.1 Å². The van der Waals surface area contributed by atoms with E-state index in [9.17, 15) is 4.79 Å². The number of rotatable bonds is 4. The molecule has 1 aromatic heterocycles. The molecule has 2 rings (SSSR count). The zero-order chi connectivity index (χ0) is 20.0. The number of carbonyl (C=O) groups excluding carboxylic acids is 1. The van der Waals surface area contributed by atoms with E-state index in [1.165, 1.54) is 7.11 Å². The van der Waals surface area contributed by atoms with Crippen molar-refractivity contribution >= 4 is 35.0 Å². The first kappa shape index (κ1) is 20.6. The van der Waals surface area contributed by atoms with Gasteiger partial charge < -0.3 is 14.5 Å². The van der Waals surface area contributed by atoms with Crippen molar-refractivity contribution in [1.82, 2.24) is 9.88 Å². The van der Waals surface area contributed by atoms with Crippen molar-refractivity contribution in [2.75, 3.05) is 33.2 Å². The van der Waals surface area contributed by atoms with Gasteiger partial charge in [-0.2, -0.15) is 0 Å². The smallest absolute Gasteiger partial charge is 0.356 e. The summed E-state index contributed by atoms with van der Waals surface area (Å²) >= 11 is 12.0. The van der Waals surface area contributed by atoms with Crippen molar-refractivity contribution in [3.63, 3.8) is 0 Å². The van der Waals surface area contributed by atoms with Crippen LogP contribution in [0.2, 0.25) is 10.0 Å². The molecule has 0 unspecified atom stereocenters. The Bertz CT molecular complexity index is 930. The number of halogens is 2. The number of esters is 1. The number of pyridine rings is 1. The molecular weight excluding hydrogens is 385 g/mol. The number of anilines is 1. The van der Waals surface area contributed by atoms with Crippen LogP contribution in [0.4, 0.5) is 5.82 Å². The molecule has 0 N–H and O–H groups in total. The molecule has 7 heteroatoms. The minimum atomic E-state index is -0.461. The summed E-state index contributed by atoms with van der Waals surface area (Å²) in [5.41, 5.74) is 1.55. The maximum Gasteiger partial charge on any atom is 0.356 e. The van der Waals surface area contributed by atoms with Crippen LogP contribution >= 0.6 is 23.2 Å². The van der Waals surface area contributed by atoms with Gasteiger partial charge in [0, 0.05) is 37.9 Å². The Morgan fingerprint density at radius 1 is 1.15 bits per heavy atom. The molecule has 0 aliphatic rings. The zero-order valence-electron chi connectivity index (χ0n) is 15.5. The third-order valence-corrected chi connectivity index (χ3v) is 4.02. The van der Waals surface area contributed by atoms with Crippen molar-refractivity contribution in [2.24, 2.45) is 0 Å². The predicted molar refractivity (Wildman–Crippen MR) is 109 cm³/mol. The second-order valence-corrected chi connectivity index (χ2v) is 6.63. The molecule has 0 aliphatic carbocycles. The highest BCUT2D eigenvalue weighted by atomic mass is 35.5. The lowest BCUT2D eigenvalue weighted by Gasteiger charge is -2.21. The van der Waals surface area contributed by atoms with Gasteiger partial charge in [-0.25, -0.2) is 9.78 Å². The molecule has 1 aromatic carbocycles. The van der Waals surface area contributed by atoms with Crippen LogP contribution in [-0.2, 0) is 9.53 Å². The summed E-state index contributed by atoms with van der Waals surface area (Å²) in [6, 6.07) is 10.5. The molecule has 0 aliphatic heterocycles. The molecule has 2 aromatic rings. The number of nitrogens with zero attached hydrogens (tertiary/aromatic N) is 3. The fourth-order valence-corrected chi connectivity index (χ4v) is 2.61. The first-order valence-corrected chi connectivity index (χ1v) is 8.72. The van der Waals surface area contributed by atoms with Gasteiger partial charge in [0.2, 0.25) is 0 Å². The van der Waals surface area contributed by atoms with Gasteiger partial charge in [0.05, 0.1) is 12.1 Å². The van der Waals surface area contributed by atoms with E-state index in [-0.39, 0.29) is 0 Å². The summed E-state index contributed by atoms with van der Waals surface area (Å²) in [4.78, 5) is 20.0. The zero-order valence-corrected chi connectivity index (χ0v) is 17.0. The first-order valence-electron chi connectivity index (χ1n) is 7.96. The van der Waals surface area contributed by atoms with E-state index in [4.69, 9.17) is 27.9 Å². The van der Waals surface area contributed by atoms with Gasteiger partial charge in [0.15, 0.2) is 0 Å². The van der Waals surface area contributed by atoms with Gasteiger partial charge in [-0.1, -0.05) is 35.2 Å². The summed E-state index contributed by atoms with van der Waals surface area (Å²) in [6.07, 6.45) is 1.67. The summed E-state index contributed by atoms with van der Waals surface area (Å²) in [5, 5.41) is 1.03. The molecule has 1 heterocycles. The largest absolute Gasteiger partial charge is 0.464 e. The molecule has 5 nitrogen and oxygen atoms in total. The molecule has 0 atom stereocenters. The SMILES string of the molecule is COC(=O)/C(=C\N(C)C)N(C)c1cccc(C#Cc2ccc(Cl)cc2Cl)n1. The quantitative estimate of drug-likeness (QED) is 0.441. The van der Waals surface area contributed by atoms with Crippen LogP contribution < -0.4 is 4.90 Å². The number of hydrogen-bond acceptors (Lipinski definition) is 5. The van der Waals surface area contributed by atoms with Crippen LogP contribution in [0.15, 0.2) is 48.3 Å². The summed E-state index contributed by atoms with van der Waals surface area (Å²) in [5.74, 6) is 6.06. The highest BCUT2D eigenvalue weighted by Gasteiger charge is 2.18. The Balaban J connectivity index is 2.34. The van der Waals surface area contributed by atoms with Crippen LogP contribution in [0.25, 0.3) is 0 Å². The van der Waals surface area contributed by atoms with Crippen molar-refractivity contribution in [3.05, 3.63) is 69.6 Å². The van der Waals surface area contributed by atoms with E-state index in [0.717, 1.165) is 0 Å². The van der Waals surface area contributed by atoms with Crippen molar-refractivity contribution in [1.29, 1.82) is 0 Å². The highest BCUT2D eigenvalue weighted by molar-refractivity contribution is 6.35. The molecule has 140 valence electrons. The molecule has 0 fully saturated rings. The minimum absolute atomic E-state index is 0.348. The standard InChI is InChI=1S/C20H19Cl2N3O2/c1-24(2)13-18(20(26)27-4)25(3)19-7-5-6-16(23-19)11-9-14-8-10-15(21)12-17(14)22/h5-8,10,12-13H,1-4H3/b18-13+. The van der Waals surface area contributed by atoms with Gasteiger partial charge in [-0.15, -0.1) is 0 Å². The average molecular weight is 404 g/mol. The van der Waals surface area contributed by atoms with Crippen molar-refractivity contribution < 1.29 is 9.53 Å². The molecule has 0 radical (unpaired) electrons. The number of ether oxygens (including phenoxy) is 1. The Kier molecular flexibility index (Phi) is 7.12. The second-order valence-electron chi connectivity index (χ2n) is 5.78. The van der Waals surface area contributed by atoms with E-state index >= 15 is 0 Å². The lowest BCUT2D eigenvalue weighted by molar-refractivity contribution is -0.136. The Morgan fingerprint density at radius 3 is 2.52 bits per heavy atom. The molecular formula is C20H19Cl2N3O2. The number of aromatic nitrogens is 1. The summed E-state index contributed by atoms with van der Waals surface area (Å²) in [7, 11) is 6.72. The normalized spacial score (nSPS) is 10.7. The van der Waals surface area contributed by atoms with E-state index in [1.54, 1.807) is 53.4 Å². The Morgan fingerprint density at radius 2 is 1.89 bits per heavy atom. The number of carbonyl (C=O) groups is 1. The van der Waals surface area contributed by atoms with E-state index < -0.39 is 5.97 Å². The van der Waals surface area contributed by atoms with Gasteiger partial charge in [-0.3, -0.25) is 0 Å². The lowest BCUT2D eigenvalue weighted by Crippen LogP contribution is -2.27. The van der Waals surface area contributed by atoms with Crippen LogP contribution in [0.5, 0.6) is 0 Å². The van der Waals surface area contributed by atoms with Gasteiger partial charge in [0.1, 0.15) is 17.2 Å². The van der Waals surface area contributed by atoms with Crippen LogP contribution in [0, 0.1) is 11.8 Å². The average Bonchev–Trinajstić information content (AvgIpc) is 2.64. The van der Waals surface area contributed by atoms with Crippen LogP contribution in [0.3, 0.4) is 0 Å². The van der Waals surface area contributed by atoms with Gasteiger partial charge in [-0.05, 0) is 36.3 Å². The van der Waals surface area contributed by atoms with Gasteiger partial charge in [0.25, 0.3) is 0 Å². The molecule has 0 bridgehead atoms. The minimum Gasteiger partial charge on any atom is -0.464 e. The van der Waals surface area contributed by atoms with E-state index in [0.29, 0.717) is 32.8 Å². The summed E-state index contributed by atoms with van der Waals surface area (Å²) < 4.78 is 4.86. The Hall–Kier alpha value is -2.68.